The maximum atomic E-state index is 13.9. The molecule has 2 aliphatic rings. The molecule has 0 aliphatic heterocycles. The van der Waals surface area contributed by atoms with Gasteiger partial charge in [0.25, 0.3) is 5.92 Å². The highest BCUT2D eigenvalue weighted by Crippen LogP contribution is 2.72. The number of fused-ring (bicyclic) bond motifs is 1. The molecule has 0 amide bonds. The molecule has 16 heavy (non-hydrogen) atoms. The highest BCUT2D eigenvalue weighted by atomic mass is 32.1. The fourth-order valence-electron chi connectivity index (χ4n) is 3.06. The van der Waals surface area contributed by atoms with E-state index in [2.05, 4.69) is 4.98 Å². The fraction of sp³-hybridized carbons (Fsp3) is 0.636. The summed E-state index contributed by atoms with van der Waals surface area (Å²) in [5, 5.41) is 0. The van der Waals surface area contributed by atoms with E-state index in [9.17, 15) is 13.6 Å². The first-order valence-corrected chi connectivity index (χ1v) is 6.21. The van der Waals surface area contributed by atoms with Gasteiger partial charge >= 0.3 is 0 Å². The van der Waals surface area contributed by atoms with Crippen LogP contribution in [0.25, 0.3) is 0 Å². The van der Waals surface area contributed by atoms with E-state index in [0.717, 1.165) is 0 Å². The van der Waals surface area contributed by atoms with Crippen LogP contribution >= 0.6 is 11.3 Å². The number of rotatable bonds is 1. The number of aryl methyl sites for hydroxylation is 1. The summed E-state index contributed by atoms with van der Waals surface area (Å²) in [6, 6.07) is 0. The van der Waals surface area contributed by atoms with Crippen molar-refractivity contribution in [3.05, 3.63) is 16.1 Å². The predicted octanol–water partition coefficient (Wildman–Crippen LogP) is 2.71. The monoisotopic (exact) mass is 243 g/mol. The van der Waals surface area contributed by atoms with Crippen LogP contribution in [0.4, 0.5) is 8.78 Å². The van der Waals surface area contributed by atoms with Gasteiger partial charge in [0.05, 0.1) is 22.5 Å². The Balaban J connectivity index is 2.12. The van der Waals surface area contributed by atoms with E-state index >= 15 is 0 Å². The molecule has 0 N–H and O–H groups in total. The average molecular weight is 243 g/mol. The molecule has 5 heteroatoms. The predicted molar refractivity (Wildman–Crippen MR) is 55.8 cm³/mol. The van der Waals surface area contributed by atoms with Crippen LogP contribution in [0.5, 0.6) is 0 Å². The number of carbonyl (C=O) groups excluding carboxylic acids is 1. The second-order valence-electron chi connectivity index (χ2n) is 4.61. The van der Waals surface area contributed by atoms with Crippen LogP contribution in [0.3, 0.4) is 0 Å². The number of thiazole rings is 1. The molecule has 1 aromatic rings. The van der Waals surface area contributed by atoms with Crippen molar-refractivity contribution in [2.45, 2.75) is 37.5 Å². The van der Waals surface area contributed by atoms with Crippen LogP contribution in [-0.2, 0) is 10.2 Å². The number of hydrogen-bond donors (Lipinski definition) is 0. The Kier molecular flexibility index (Phi) is 1.86. The Morgan fingerprint density at radius 3 is 2.94 bits per heavy atom. The fourth-order valence-corrected chi connectivity index (χ4v) is 4.16. The molecule has 2 saturated carbocycles. The zero-order valence-corrected chi connectivity index (χ0v) is 9.61. The Bertz CT molecular complexity index is 470. The van der Waals surface area contributed by atoms with E-state index in [1.165, 1.54) is 11.3 Å². The molecule has 0 spiro atoms. The van der Waals surface area contributed by atoms with Crippen LogP contribution in [0.1, 0.15) is 29.8 Å². The topological polar surface area (TPSA) is 30.0 Å². The zero-order chi connectivity index (χ0) is 11.6. The number of Topliss-reactive ketones (excluding diaryl/α,β-unsaturated/α-hetero) is 1. The van der Waals surface area contributed by atoms with Crippen molar-refractivity contribution in [1.82, 2.24) is 4.98 Å². The van der Waals surface area contributed by atoms with Gasteiger partial charge in [0.2, 0.25) is 0 Å². The van der Waals surface area contributed by atoms with Crippen molar-refractivity contribution >= 4 is 17.1 Å². The average Bonchev–Trinajstić information content (AvgIpc) is 2.56. The summed E-state index contributed by atoms with van der Waals surface area (Å²) in [6.07, 6.45) is 1.29. The van der Waals surface area contributed by atoms with Crippen molar-refractivity contribution in [3.8, 4) is 0 Å². The summed E-state index contributed by atoms with van der Waals surface area (Å²) in [5.41, 5.74) is 1.04. The summed E-state index contributed by atoms with van der Waals surface area (Å²) in [7, 11) is 0. The molecule has 3 rings (SSSR count). The number of alkyl halides is 2. The maximum Gasteiger partial charge on any atom is 0.270 e. The second-order valence-corrected chi connectivity index (χ2v) is 5.47. The molecule has 2 fully saturated rings. The number of aromatic nitrogens is 1. The van der Waals surface area contributed by atoms with Gasteiger partial charge in [-0.3, -0.25) is 4.79 Å². The SMILES string of the molecule is Cc1ncsc1C12CCCC(=O)C1C2(F)F. The van der Waals surface area contributed by atoms with Gasteiger partial charge in [0, 0.05) is 11.3 Å². The van der Waals surface area contributed by atoms with Crippen molar-refractivity contribution in [1.29, 1.82) is 0 Å². The molecule has 1 aromatic heterocycles. The number of ketones is 1. The molecular weight excluding hydrogens is 232 g/mol. The van der Waals surface area contributed by atoms with Gasteiger partial charge in [-0.25, -0.2) is 13.8 Å². The minimum absolute atomic E-state index is 0.274. The third-order valence-electron chi connectivity index (χ3n) is 3.83. The molecule has 86 valence electrons. The van der Waals surface area contributed by atoms with Gasteiger partial charge < -0.3 is 0 Å². The third-order valence-corrected chi connectivity index (χ3v) is 4.94. The zero-order valence-electron chi connectivity index (χ0n) is 8.80. The lowest BCUT2D eigenvalue weighted by atomic mass is 9.86. The van der Waals surface area contributed by atoms with Crippen LogP contribution in [-0.4, -0.2) is 16.7 Å². The smallest absolute Gasteiger partial charge is 0.270 e. The highest BCUT2D eigenvalue weighted by Gasteiger charge is 2.84. The first-order valence-electron chi connectivity index (χ1n) is 5.33. The Morgan fingerprint density at radius 2 is 2.31 bits per heavy atom. The van der Waals surface area contributed by atoms with Crippen LogP contribution < -0.4 is 0 Å². The maximum absolute atomic E-state index is 13.9. The lowest BCUT2D eigenvalue weighted by Crippen LogP contribution is -2.21. The largest absolute Gasteiger partial charge is 0.299 e. The number of carbonyl (C=O) groups is 1. The summed E-state index contributed by atoms with van der Waals surface area (Å²) in [4.78, 5) is 16.2. The van der Waals surface area contributed by atoms with Gasteiger partial charge in [0.15, 0.2) is 0 Å². The molecule has 0 saturated heterocycles. The van der Waals surface area contributed by atoms with Crippen molar-refractivity contribution in [2.24, 2.45) is 5.92 Å². The summed E-state index contributed by atoms with van der Waals surface area (Å²) in [5.74, 6) is -4.20. The quantitative estimate of drug-likeness (QED) is 0.759. The highest BCUT2D eigenvalue weighted by molar-refractivity contribution is 7.10. The first-order chi connectivity index (χ1) is 7.52. The molecular formula is C11H11F2NOS. The van der Waals surface area contributed by atoms with Crippen molar-refractivity contribution < 1.29 is 13.6 Å². The van der Waals surface area contributed by atoms with E-state index in [0.29, 0.717) is 29.8 Å². The molecule has 2 nitrogen and oxygen atoms in total. The minimum atomic E-state index is -2.85. The second kappa shape index (κ2) is 2.88. The molecule has 2 atom stereocenters. The Labute approximate surface area is 95.7 Å². The van der Waals surface area contributed by atoms with E-state index < -0.39 is 17.3 Å². The normalized spacial score (nSPS) is 35.9. The summed E-state index contributed by atoms with van der Waals surface area (Å²) < 4.78 is 27.8. The van der Waals surface area contributed by atoms with E-state index in [4.69, 9.17) is 0 Å². The molecule has 0 radical (unpaired) electrons. The summed E-state index contributed by atoms with van der Waals surface area (Å²) >= 11 is 1.26. The standard InChI is InChI=1S/C11H11F2NOS/c1-6-9(16-5-14-6)10-4-2-3-7(15)8(10)11(10,12)13/h5,8H,2-4H2,1H3. The lowest BCUT2D eigenvalue weighted by Gasteiger charge is -2.18. The third kappa shape index (κ3) is 0.954. The molecule has 1 heterocycles. The van der Waals surface area contributed by atoms with Crippen LogP contribution in [0.15, 0.2) is 5.51 Å². The number of halogens is 2. The van der Waals surface area contributed by atoms with Gasteiger partial charge in [-0.05, 0) is 19.8 Å². The van der Waals surface area contributed by atoms with Gasteiger partial charge in [-0.2, -0.15) is 0 Å². The lowest BCUT2D eigenvalue weighted by molar-refractivity contribution is -0.123. The van der Waals surface area contributed by atoms with Crippen LogP contribution in [0, 0.1) is 12.8 Å². The molecule has 2 aliphatic carbocycles. The Hall–Kier alpha value is -0.840. The van der Waals surface area contributed by atoms with Gasteiger partial charge in [-0.1, -0.05) is 0 Å². The van der Waals surface area contributed by atoms with E-state index in [1.807, 2.05) is 0 Å². The van der Waals surface area contributed by atoms with Crippen molar-refractivity contribution in [2.75, 3.05) is 0 Å². The number of nitrogens with zero attached hydrogens (tertiary/aromatic N) is 1. The molecule has 2 unspecified atom stereocenters. The van der Waals surface area contributed by atoms with Gasteiger partial charge in [0.1, 0.15) is 5.78 Å². The Morgan fingerprint density at radius 1 is 1.56 bits per heavy atom. The minimum Gasteiger partial charge on any atom is -0.299 e. The van der Waals surface area contributed by atoms with E-state index in [-0.39, 0.29) is 5.78 Å². The number of hydrogen-bond acceptors (Lipinski definition) is 3. The van der Waals surface area contributed by atoms with Crippen LogP contribution in [0.2, 0.25) is 0 Å². The van der Waals surface area contributed by atoms with Crippen molar-refractivity contribution in [3.63, 3.8) is 0 Å². The molecule has 0 bridgehead atoms. The summed E-state index contributed by atoms with van der Waals surface area (Å²) in [6.45, 7) is 1.74. The molecule has 0 aromatic carbocycles. The van der Waals surface area contributed by atoms with E-state index in [1.54, 1.807) is 12.4 Å². The van der Waals surface area contributed by atoms with Gasteiger partial charge in [-0.15, -0.1) is 11.3 Å². The first kappa shape index (κ1) is 10.3.